The van der Waals surface area contributed by atoms with Crippen molar-refractivity contribution in [3.05, 3.63) is 89.5 Å². The van der Waals surface area contributed by atoms with Crippen molar-refractivity contribution in [1.29, 1.82) is 0 Å². The van der Waals surface area contributed by atoms with E-state index in [1.54, 1.807) is 60.0 Å². The summed E-state index contributed by atoms with van der Waals surface area (Å²) >= 11 is 1.24. The second-order valence-electron chi connectivity index (χ2n) is 6.23. The van der Waals surface area contributed by atoms with Gasteiger partial charge in [0.1, 0.15) is 0 Å². The van der Waals surface area contributed by atoms with E-state index in [9.17, 15) is 14.4 Å². The number of carbonyl (C=O) groups is 3. The van der Waals surface area contributed by atoms with Crippen LogP contribution in [0.3, 0.4) is 0 Å². The highest BCUT2D eigenvalue weighted by molar-refractivity contribution is 7.14. The Balaban J connectivity index is 1.61. The quantitative estimate of drug-likeness (QED) is 0.486. The van der Waals surface area contributed by atoms with Gasteiger partial charge < -0.3 is 10.6 Å². The fourth-order valence-corrected chi connectivity index (χ4v) is 3.32. The van der Waals surface area contributed by atoms with Crippen LogP contribution in [-0.2, 0) is 11.2 Å². The number of aromatic nitrogens is 1. The van der Waals surface area contributed by atoms with Gasteiger partial charge in [-0.15, -0.1) is 17.9 Å². The Labute approximate surface area is 177 Å². The molecule has 0 atom stereocenters. The predicted molar refractivity (Wildman–Crippen MR) is 118 cm³/mol. The Bertz CT molecular complexity index is 1060. The van der Waals surface area contributed by atoms with Gasteiger partial charge in [0.2, 0.25) is 5.91 Å². The summed E-state index contributed by atoms with van der Waals surface area (Å²) in [6.45, 7) is 3.90. The molecular weight excluding hydrogens is 400 g/mol. The predicted octanol–water partition coefficient (Wildman–Crippen LogP) is 3.49. The molecule has 3 amide bonds. The summed E-state index contributed by atoms with van der Waals surface area (Å²) in [5, 5.41) is 10.3. The molecule has 0 unspecified atom stereocenters. The molecule has 3 rings (SSSR count). The van der Waals surface area contributed by atoms with Gasteiger partial charge in [-0.2, -0.15) is 0 Å². The summed E-state index contributed by atoms with van der Waals surface area (Å²) in [5.74, 6) is -0.879. The van der Waals surface area contributed by atoms with E-state index in [0.29, 0.717) is 34.2 Å². The fraction of sp³-hybridized carbons (Fsp3) is 0.0909. The molecule has 3 N–H and O–H groups in total. The average molecular weight is 420 g/mol. The molecular formula is C22H20N4O3S. The lowest BCUT2D eigenvalue weighted by Crippen LogP contribution is -2.25. The van der Waals surface area contributed by atoms with Gasteiger partial charge in [-0.1, -0.05) is 36.4 Å². The largest absolute Gasteiger partial charge is 0.349 e. The first-order valence-electron chi connectivity index (χ1n) is 9.15. The minimum absolute atomic E-state index is 0.0142. The molecule has 0 saturated heterocycles. The molecule has 0 fully saturated rings. The van der Waals surface area contributed by atoms with Crippen molar-refractivity contribution in [1.82, 2.24) is 10.3 Å². The minimum Gasteiger partial charge on any atom is -0.349 e. The Morgan fingerprint density at radius 3 is 2.47 bits per heavy atom. The van der Waals surface area contributed by atoms with E-state index in [1.807, 2.05) is 6.07 Å². The van der Waals surface area contributed by atoms with Crippen molar-refractivity contribution in [3.8, 4) is 0 Å². The van der Waals surface area contributed by atoms with E-state index in [4.69, 9.17) is 0 Å². The van der Waals surface area contributed by atoms with Crippen molar-refractivity contribution < 1.29 is 14.4 Å². The van der Waals surface area contributed by atoms with E-state index >= 15 is 0 Å². The molecule has 1 heterocycles. The molecule has 152 valence electrons. The number of anilines is 2. The van der Waals surface area contributed by atoms with Gasteiger partial charge in [0.05, 0.1) is 23.4 Å². The van der Waals surface area contributed by atoms with E-state index in [1.165, 1.54) is 11.3 Å². The van der Waals surface area contributed by atoms with Crippen LogP contribution in [0, 0.1) is 0 Å². The number of para-hydroxylation sites is 1. The van der Waals surface area contributed by atoms with Crippen molar-refractivity contribution in [2.24, 2.45) is 0 Å². The number of carbonyl (C=O) groups excluding carboxylic acids is 3. The highest BCUT2D eigenvalue weighted by Crippen LogP contribution is 2.19. The number of benzene rings is 2. The third-order valence-corrected chi connectivity index (χ3v) is 4.81. The zero-order valence-electron chi connectivity index (χ0n) is 16.1. The summed E-state index contributed by atoms with van der Waals surface area (Å²) in [6.07, 6.45) is 1.59. The topological polar surface area (TPSA) is 100 Å². The average Bonchev–Trinajstić information content (AvgIpc) is 3.19. The summed E-state index contributed by atoms with van der Waals surface area (Å²) in [4.78, 5) is 41.2. The molecule has 0 bridgehead atoms. The molecule has 7 nitrogen and oxygen atoms in total. The SMILES string of the molecule is C=CCNC(=O)c1ccccc1NC(=O)Cc1csc(NC(=O)c2ccccc2)n1. The minimum atomic E-state index is -0.315. The summed E-state index contributed by atoms with van der Waals surface area (Å²) in [7, 11) is 0. The van der Waals surface area contributed by atoms with Crippen LogP contribution in [0.5, 0.6) is 0 Å². The van der Waals surface area contributed by atoms with Crippen LogP contribution in [0.15, 0.2) is 72.6 Å². The molecule has 8 heteroatoms. The van der Waals surface area contributed by atoms with Crippen LogP contribution in [0.1, 0.15) is 26.4 Å². The first-order valence-corrected chi connectivity index (χ1v) is 10.0. The highest BCUT2D eigenvalue weighted by Gasteiger charge is 2.14. The van der Waals surface area contributed by atoms with Gasteiger partial charge in [0, 0.05) is 17.5 Å². The summed E-state index contributed by atoms with van der Waals surface area (Å²) in [6, 6.07) is 15.6. The molecule has 0 aliphatic heterocycles. The molecule has 0 saturated carbocycles. The first kappa shape index (κ1) is 20.9. The molecule has 0 radical (unpaired) electrons. The third-order valence-electron chi connectivity index (χ3n) is 4.00. The van der Waals surface area contributed by atoms with Crippen LogP contribution in [-0.4, -0.2) is 29.3 Å². The maximum Gasteiger partial charge on any atom is 0.257 e. The van der Waals surface area contributed by atoms with Crippen LogP contribution >= 0.6 is 11.3 Å². The van der Waals surface area contributed by atoms with E-state index in [0.717, 1.165) is 0 Å². The van der Waals surface area contributed by atoms with E-state index in [-0.39, 0.29) is 24.1 Å². The van der Waals surface area contributed by atoms with Gasteiger partial charge in [0.15, 0.2) is 5.13 Å². The fourth-order valence-electron chi connectivity index (χ4n) is 2.61. The second kappa shape index (κ2) is 10.1. The number of rotatable bonds is 8. The van der Waals surface area contributed by atoms with Gasteiger partial charge in [0.25, 0.3) is 11.8 Å². The molecule has 0 aliphatic rings. The molecule has 0 spiro atoms. The zero-order chi connectivity index (χ0) is 21.3. The third kappa shape index (κ3) is 5.62. The molecule has 1 aromatic heterocycles. The zero-order valence-corrected chi connectivity index (χ0v) is 16.9. The lowest BCUT2D eigenvalue weighted by atomic mass is 10.1. The molecule has 3 aromatic rings. The van der Waals surface area contributed by atoms with Crippen LogP contribution in [0.2, 0.25) is 0 Å². The molecule has 30 heavy (non-hydrogen) atoms. The number of thiazole rings is 1. The lowest BCUT2D eigenvalue weighted by Gasteiger charge is -2.10. The summed E-state index contributed by atoms with van der Waals surface area (Å²) < 4.78 is 0. The standard InChI is InChI=1S/C22H20N4O3S/c1-2-12-23-21(29)17-10-6-7-11-18(17)25-19(27)13-16-14-30-22(24-16)26-20(28)15-8-4-3-5-9-15/h2-11,14H,1,12-13H2,(H,23,29)(H,25,27)(H,24,26,28). The maximum atomic E-state index is 12.4. The van der Waals surface area contributed by atoms with Crippen LogP contribution < -0.4 is 16.0 Å². The normalized spacial score (nSPS) is 10.1. The smallest absolute Gasteiger partial charge is 0.257 e. The van der Waals surface area contributed by atoms with Crippen molar-refractivity contribution in [2.45, 2.75) is 6.42 Å². The Morgan fingerprint density at radius 1 is 0.967 bits per heavy atom. The van der Waals surface area contributed by atoms with Crippen molar-refractivity contribution in [3.63, 3.8) is 0 Å². The Kier molecular flexibility index (Phi) is 7.07. The van der Waals surface area contributed by atoms with Crippen LogP contribution in [0.4, 0.5) is 10.8 Å². The van der Waals surface area contributed by atoms with E-state index in [2.05, 4.69) is 27.5 Å². The highest BCUT2D eigenvalue weighted by atomic mass is 32.1. The Morgan fingerprint density at radius 2 is 1.70 bits per heavy atom. The van der Waals surface area contributed by atoms with Gasteiger partial charge in [-0.25, -0.2) is 4.98 Å². The monoisotopic (exact) mass is 420 g/mol. The van der Waals surface area contributed by atoms with Crippen molar-refractivity contribution >= 4 is 39.9 Å². The number of nitrogens with one attached hydrogen (secondary N) is 3. The van der Waals surface area contributed by atoms with Crippen LogP contribution in [0.25, 0.3) is 0 Å². The Hall–Kier alpha value is -3.78. The number of amides is 3. The maximum absolute atomic E-state index is 12.4. The van der Waals surface area contributed by atoms with Crippen molar-refractivity contribution in [2.75, 3.05) is 17.2 Å². The molecule has 0 aliphatic carbocycles. The first-order chi connectivity index (χ1) is 14.6. The van der Waals surface area contributed by atoms with E-state index < -0.39 is 0 Å². The van der Waals surface area contributed by atoms with Gasteiger partial charge in [-0.3, -0.25) is 19.7 Å². The lowest BCUT2D eigenvalue weighted by molar-refractivity contribution is -0.115. The second-order valence-corrected chi connectivity index (χ2v) is 7.09. The van der Waals surface area contributed by atoms with Gasteiger partial charge in [-0.05, 0) is 24.3 Å². The van der Waals surface area contributed by atoms with Gasteiger partial charge >= 0.3 is 0 Å². The number of hydrogen-bond donors (Lipinski definition) is 3. The summed E-state index contributed by atoms with van der Waals surface area (Å²) in [5.41, 5.74) is 1.83. The molecule has 2 aromatic carbocycles. The number of hydrogen-bond acceptors (Lipinski definition) is 5. The number of nitrogens with zero attached hydrogens (tertiary/aromatic N) is 1.